The Morgan fingerprint density at radius 2 is 1.88 bits per heavy atom. The number of aldehydes is 1. The molecule has 0 saturated carbocycles. The van der Waals surface area contributed by atoms with Crippen LogP contribution in [0.15, 0.2) is 67.1 Å². The van der Waals surface area contributed by atoms with Crippen LogP contribution in [0, 0.1) is 0 Å². The van der Waals surface area contributed by atoms with Crippen LogP contribution in [0.4, 0.5) is 0 Å². The first-order valence-corrected chi connectivity index (χ1v) is 7.32. The minimum absolute atomic E-state index is 0.394. The lowest BCUT2D eigenvalue weighted by molar-refractivity contribution is 0.112. The predicted octanol–water partition coefficient (Wildman–Crippen LogP) is 3.42. The Hall–Kier alpha value is -3.54. The zero-order valence-corrected chi connectivity index (χ0v) is 12.5. The van der Waals surface area contributed by atoms with E-state index >= 15 is 0 Å². The summed E-state index contributed by atoms with van der Waals surface area (Å²) >= 11 is 0. The zero-order valence-electron chi connectivity index (χ0n) is 12.5. The van der Waals surface area contributed by atoms with Gasteiger partial charge in [-0.1, -0.05) is 30.3 Å². The molecule has 2 heterocycles. The number of aromatic nitrogens is 4. The third-order valence-electron chi connectivity index (χ3n) is 3.54. The normalized spacial score (nSPS) is 10.7. The van der Waals surface area contributed by atoms with Crippen LogP contribution >= 0.6 is 0 Å². The molecular formula is C18H12N4O2. The van der Waals surface area contributed by atoms with Crippen molar-refractivity contribution in [3.05, 3.63) is 72.7 Å². The van der Waals surface area contributed by atoms with Crippen molar-refractivity contribution >= 4 is 17.3 Å². The number of nitrogens with zero attached hydrogens (tertiary/aromatic N) is 4. The molecule has 0 aliphatic rings. The second kappa shape index (κ2) is 5.92. The van der Waals surface area contributed by atoms with Gasteiger partial charge < -0.3 is 4.74 Å². The van der Waals surface area contributed by atoms with E-state index in [4.69, 9.17) is 4.74 Å². The number of hydrogen-bond donors (Lipinski definition) is 0. The summed E-state index contributed by atoms with van der Waals surface area (Å²) in [6.07, 6.45) is 3.87. The smallest absolute Gasteiger partial charge is 0.233 e. The van der Waals surface area contributed by atoms with Crippen LogP contribution < -0.4 is 4.74 Å². The summed E-state index contributed by atoms with van der Waals surface area (Å²) in [6, 6.07) is 16.6. The fourth-order valence-corrected chi connectivity index (χ4v) is 2.43. The van der Waals surface area contributed by atoms with E-state index in [0.29, 0.717) is 28.2 Å². The summed E-state index contributed by atoms with van der Waals surface area (Å²) in [4.78, 5) is 19.4. The lowest BCUT2D eigenvalue weighted by atomic mass is 10.2. The van der Waals surface area contributed by atoms with Gasteiger partial charge in [-0.25, -0.2) is 14.6 Å². The lowest BCUT2D eigenvalue weighted by Gasteiger charge is -2.06. The van der Waals surface area contributed by atoms with Crippen molar-refractivity contribution < 1.29 is 9.53 Å². The minimum Gasteiger partial charge on any atom is -0.438 e. The highest BCUT2D eigenvalue weighted by Crippen LogP contribution is 2.27. The molecule has 4 aromatic rings. The van der Waals surface area contributed by atoms with E-state index in [-0.39, 0.29) is 0 Å². The monoisotopic (exact) mass is 316 g/mol. The summed E-state index contributed by atoms with van der Waals surface area (Å²) in [6.45, 7) is 0. The largest absolute Gasteiger partial charge is 0.438 e. The number of ether oxygens (including phenoxy) is 1. The maximum absolute atomic E-state index is 10.9. The molecule has 0 aliphatic carbocycles. The van der Waals surface area contributed by atoms with Crippen molar-refractivity contribution in [2.24, 2.45) is 0 Å². The molecule has 6 nitrogen and oxygen atoms in total. The Labute approximate surface area is 137 Å². The lowest BCUT2D eigenvalue weighted by Crippen LogP contribution is -1.98. The van der Waals surface area contributed by atoms with E-state index < -0.39 is 0 Å². The van der Waals surface area contributed by atoms with E-state index in [1.165, 1.54) is 6.33 Å². The molecule has 4 rings (SSSR count). The van der Waals surface area contributed by atoms with Crippen LogP contribution in [-0.4, -0.2) is 26.0 Å². The molecule has 0 aliphatic heterocycles. The fraction of sp³-hybridized carbons (Fsp3) is 0. The van der Waals surface area contributed by atoms with Gasteiger partial charge in [0.25, 0.3) is 0 Å². The number of carbonyl (C=O) groups is 1. The first-order valence-electron chi connectivity index (χ1n) is 7.32. The Morgan fingerprint density at radius 3 is 2.71 bits per heavy atom. The van der Waals surface area contributed by atoms with Gasteiger partial charge in [0.2, 0.25) is 5.88 Å². The van der Waals surface area contributed by atoms with Crippen LogP contribution in [0.5, 0.6) is 11.6 Å². The fourth-order valence-electron chi connectivity index (χ4n) is 2.43. The first-order chi connectivity index (χ1) is 11.8. The number of para-hydroxylation sites is 1. The Balaban J connectivity index is 1.77. The quantitative estimate of drug-likeness (QED) is 0.540. The van der Waals surface area contributed by atoms with E-state index in [1.54, 1.807) is 35.1 Å². The molecule has 0 spiro atoms. The Kier molecular flexibility index (Phi) is 3.47. The van der Waals surface area contributed by atoms with Crippen LogP contribution in [0.25, 0.3) is 16.7 Å². The van der Waals surface area contributed by atoms with Crippen molar-refractivity contribution in [3.8, 4) is 17.3 Å². The van der Waals surface area contributed by atoms with Crippen molar-refractivity contribution in [1.29, 1.82) is 0 Å². The van der Waals surface area contributed by atoms with Crippen LogP contribution in [0.2, 0.25) is 0 Å². The molecule has 2 aromatic heterocycles. The molecule has 24 heavy (non-hydrogen) atoms. The molecule has 0 unspecified atom stereocenters. The predicted molar refractivity (Wildman–Crippen MR) is 88.6 cm³/mol. The first kappa shape index (κ1) is 14.1. The van der Waals surface area contributed by atoms with Crippen LogP contribution in [-0.2, 0) is 0 Å². The molecule has 0 radical (unpaired) electrons. The highest BCUT2D eigenvalue weighted by atomic mass is 16.5. The molecule has 0 saturated heterocycles. The van der Waals surface area contributed by atoms with Gasteiger partial charge in [0.15, 0.2) is 5.65 Å². The second-order valence-electron chi connectivity index (χ2n) is 5.10. The third kappa shape index (κ3) is 2.50. The van der Waals surface area contributed by atoms with Crippen LogP contribution in [0.3, 0.4) is 0 Å². The Bertz CT molecular complexity index is 1010. The second-order valence-corrected chi connectivity index (χ2v) is 5.10. The average molecular weight is 316 g/mol. The standard InChI is InChI=1S/C18H12N4O2/c23-11-13-5-4-8-15(9-13)24-18-16-10-21-22(17(16)19-12-20-18)14-6-2-1-3-7-14/h1-12H. The molecule has 2 aromatic carbocycles. The minimum atomic E-state index is 0.394. The van der Waals surface area contributed by atoms with E-state index in [1.807, 2.05) is 30.3 Å². The summed E-state index contributed by atoms with van der Waals surface area (Å²) in [7, 11) is 0. The number of rotatable bonds is 4. The van der Waals surface area contributed by atoms with Gasteiger partial charge in [-0.15, -0.1) is 0 Å². The molecule has 0 atom stereocenters. The number of benzene rings is 2. The van der Waals surface area contributed by atoms with Crippen molar-refractivity contribution in [2.45, 2.75) is 0 Å². The number of fused-ring (bicyclic) bond motifs is 1. The number of carbonyl (C=O) groups excluding carboxylic acids is 1. The highest BCUT2D eigenvalue weighted by molar-refractivity contribution is 5.81. The van der Waals surface area contributed by atoms with Gasteiger partial charge in [0.1, 0.15) is 23.7 Å². The SMILES string of the molecule is O=Cc1cccc(Oc2ncnc3c2cnn3-c2ccccc2)c1. The summed E-state index contributed by atoms with van der Waals surface area (Å²) in [5, 5.41) is 5.07. The third-order valence-corrected chi connectivity index (χ3v) is 3.54. The molecule has 6 heteroatoms. The van der Waals surface area contributed by atoms with Gasteiger partial charge in [0.05, 0.1) is 11.9 Å². The van der Waals surface area contributed by atoms with Gasteiger partial charge in [-0.2, -0.15) is 5.10 Å². The molecule has 116 valence electrons. The number of hydrogen-bond acceptors (Lipinski definition) is 5. The van der Waals surface area contributed by atoms with E-state index in [0.717, 1.165) is 12.0 Å². The van der Waals surface area contributed by atoms with Crippen molar-refractivity contribution in [3.63, 3.8) is 0 Å². The van der Waals surface area contributed by atoms with Crippen LogP contribution in [0.1, 0.15) is 10.4 Å². The Morgan fingerprint density at radius 1 is 1.00 bits per heavy atom. The van der Waals surface area contributed by atoms with Crippen molar-refractivity contribution in [1.82, 2.24) is 19.7 Å². The van der Waals surface area contributed by atoms with Gasteiger partial charge in [-0.05, 0) is 24.3 Å². The highest BCUT2D eigenvalue weighted by Gasteiger charge is 2.12. The van der Waals surface area contributed by atoms with E-state index in [2.05, 4.69) is 15.1 Å². The molecule has 0 bridgehead atoms. The summed E-state index contributed by atoms with van der Waals surface area (Å²) in [5.74, 6) is 0.928. The van der Waals surface area contributed by atoms with Gasteiger partial charge in [0, 0.05) is 5.56 Å². The maximum Gasteiger partial charge on any atom is 0.233 e. The maximum atomic E-state index is 10.9. The topological polar surface area (TPSA) is 69.9 Å². The van der Waals surface area contributed by atoms with E-state index in [9.17, 15) is 4.79 Å². The summed E-state index contributed by atoms with van der Waals surface area (Å²) in [5.41, 5.74) is 2.09. The van der Waals surface area contributed by atoms with Crippen molar-refractivity contribution in [2.75, 3.05) is 0 Å². The average Bonchev–Trinajstić information content (AvgIpc) is 3.08. The molecule has 0 fully saturated rings. The molecule has 0 amide bonds. The van der Waals surface area contributed by atoms with Gasteiger partial charge in [-0.3, -0.25) is 4.79 Å². The van der Waals surface area contributed by atoms with Gasteiger partial charge >= 0.3 is 0 Å². The zero-order chi connectivity index (χ0) is 16.4. The molecule has 0 N–H and O–H groups in total. The summed E-state index contributed by atoms with van der Waals surface area (Å²) < 4.78 is 7.55. The molecular weight excluding hydrogens is 304 g/mol.